The quantitative estimate of drug-likeness (QED) is 0.541. The van der Waals surface area contributed by atoms with Crippen LogP contribution in [0.2, 0.25) is 0 Å². The van der Waals surface area contributed by atoms with Crippen LogP contribution in [0.4, 0.5) is 10.5 Å². The number of carbonyl (C=O) groups excluding carboxylic acids is 2. The van der Waals surface area contributed by atoms with Gasteiger partial charge < -0.3 is 4.90 Å². The molecule has 0 aliphatic carbocycles. The van der Waals surface area contributed by atoms with Crippen LogP contribution in [0.3, 0.4) is 0 Å². The fourth-order valence-electron chi connectivity index (χ4n) is 2.58. The molecule has 0 aromatic carbocycles. The van der Waals surface area contributed by atoms with Crippen molar-refractivity contribution in [1.82, 2.24) is 20.4 Å². The number of piperidine rings is 1. The van der Waals surface area contributed by atoms with E-state index in [1.165, 1.54) is 4.90 Å². The third kappa shape index (κ3) is 2.14. The number of anilines is 1. The highest BCUT2D eigenvalue weighted by molar-refractivity contribution is 5.89. The molecule has 3 heterocycles. The molecule has 8 nitrogen and oxygen atoms in total. The van der Waals surface area contributed by atoms with Gasteiger partial charge in [0, 0.05) is 12.7 Å². The summed E-state index contributed by atoms with van der Waals surface area (Å²) < 4.78 is 0. The first-order chi connectivity index (χ1) is 9.66. The number of hydroxylamine groups is 2. The zero-order valence-corrected chi connectivity index (χ0v) is 10.7. The van der Waals surface area contributed by atoms with Crippen molar-refractivity contribution < 1.29 is 14.8 Å². The molecular weight excluding hydrogens is 262 g/mol. The minimum atomic E-state index is -0.555. The first kappa shape index (κ1) is 12.7. The van der Waals surface area contributed by atoms with Gasteiger partial charge >= 0.3 is 6.03 Å². The Bertz CT molecular complexity index is 523. The second-order valence-electron chi connectivity index (χ2n) is 4.88. The third-order valence-electron chi connectivity index (χ3n) is 3.64. The van der Waals surface area contributed by atoms with Gasteiger partial charge in [0.05, 0.1) is 17.9 Å². The van der Waals surface area contributed by atoms with E-state index in [4.69, 9.17) is 0 Å². The van der Waals surface area contributed by atoms with Gasteiger partial charge in [-0.05, 0) is 25.0 Å². The molecular formula is C12H15N5O3. The molecule has 106 valence electrons. The molecule has 2 unspecified atom stereocenters. The maximum Gasteiger partial charge on any atom is 0.344 e. The molecule has 0 radical (unpaired) electrons. The summed E-state index contributed by atoms with van der Waals surface area (Å²) >= 11 is 0. The van der Waals surface area contributed by atoms with E-state index in [1.54, 1.807) is 24.5 Å². The summed E-state index contributed by atoms with van der Waals surface area (Å²) in [7, 11) is 0. The van der Waals surface area contributed by atoms with E-state index < -0.39 is 12.1 Å². The van der Waals surface area contributed by atoms with Gasteiger partial charge in [-0.1, -0.05) is 0 Å². The van der Waals surface area contributed by atoms with Gasteiger partial charge in [-0.2, -0.15) is 0 Å². The monoisotopic (exact) mass is 277 g/mol. The fraction of sp³-hybridized carbons (Fsp3) is 0.417. The summed E-state index contributed by atoms with van der Waals surface area (Å²) in [6, 6.07) is 2.25. The molecule has 2 aliphatic rings. The number of hydrogen-bond acceptors (Lipinski definition) is 5. The largest absolute Gasteiger partial charge is 0.344 e. The first-order valence-corrected chi connectivity index (χ1v) is 6.41. The Kier molecular flexibility index (Phi) is 3.15. The van der Waals surface area contributed by atoms with Crippen LogP contribution in [-0.4, -0.2) is 50.7 Å². The maximum absolute atomic E-state index is 12.1. The number of nitrogens with zero attached hydrogens (tertiary/aromatic N) is 3. The van der Waals surface area contributed by atoms with E-state index in [9.17, 15) is 14.8 Å². The lowest BCUT2D eigenvalue weighted by Crippen LogP contribution is -2.51. The number of amides is 3. The number of fused-ring (bicyclic) bond motifs is 2. The predicted molar refractivity (Wildman–Crippen MR) is 68.5 cm³/mol. The number of hydrazine groups is 1. The number of rotatable bonds is 3. The van der Waals surface area contributed by atoms with Crippen LogP contribution in [0.1, 0.15) is 12.8 Å². The van der Waals surface area contributed by atoms with Crippen LogP contribution >= 0.6 is 0 Å². The number of carbonyl (C=O) groups is 2. The van der Waals surface area contributed by atoms with Gasteiger partial charge in [0.1, 0.15) is 6.04 Å². The van der Waals surface area contributed by atoms with Crippen molar-refractivity contribution in [3.63, 3.8) is 0 Å². The number of nitrogens with one attached hydrogen (secondary N) is 2. The van der Waals surface area contributed by atoms with Crippen molar-refractivity contribution >= 4 is 17.6 Å². The summed E-state index contributed by atoms with van der Waals surface area (Å²) in [5, 5.41) is 10.3. The maximum atomic E-state index is 12.1. The minimum absolute atomic E-state index is 0.196. The molecule has 0 spiro atoms. The molecule has 3 rings (SSSR count). The molecule has 1 aromatic rings. The van der Waals surface area contributed by atoms with Crippen molar-refractivity contribution in [2.45, 2.75) is 24.9 Å². The zero-order valence-electron chi connectivity index (χ0n) is 10.7. The van der Waals surface area contributed by atoms with Crippen LogP contribution in [0.15, 0.2) is 24.5 Å². The molecule has 2 fully saturated rings. The van der Waals surface area contributed by atoms with E-state index >= 15 is 0 Å². The van der Waals surface area contributed by atoms with Crippen molar-refractivity contribution in [2.24, 2.45) is 0 Å². The standard InChI is InChI=1S/C12H15N5O3/c18-11(15-14-8-2-1-5-13-6-8)10-4-3-9-7-16(10)12(19)17(9)20/h1-2,5-6,9-10,14,20H,3-4,7H2,(H,15,18). The molecule has 2 aliphatic heterocycles. The molecule has 2 atom stereocenters. The molecule has 1 aromatic heterocycles. The lowest BCUT2D eigenvalue weighted by Gasteiger charge is -2.29. The van der Waals surface area contributed by atoms with E-state index in [0.29, 0.717) is 25.1 Å². The normalized spacial score (nSPS) is 24.8. The molecule has 20 heavy (non-hydrogen) atoms. The van der Waals surface area contributed by atoms with Crippen molar-refractivity contribution in [3.05, 3.63) is 24.5 Å². The molecule has 2 saturated heterocycles. The average Bonchev–Trinajstić information content (AvgIpc) is 2.71. The van der Waals surface area contributed by atoms with Crippen LogP contribution in [0, 0.1) is 0 Å². The van der Waals surface area contributed by atoms with Crippen molar-refractivity contribution in [3.8, 4) is 0 Å². The number of aromatic nitrogens is 1. The average molecular weight is 277 g/mol. The van der Waals surface area contributed by atoms with E-state index in [-0.39, 0.29) is 11.9 Å². The molecule has 2 bridgehead atoms. The van der Waals surface area contributed by atoms with Crippen molar-refractivity contribution in [2.75, 3.05) is 12.0 Å². The summed E-state index contributed by atoms with van der Waals surface area (Å²) in [4.78, 5) is 29.2. The minimum Gasteiger partial charge on any atom is -0.309 e. The van der Waals surface area contributed by atoms with Crippen LogP contribution < -0.4 is 10.9 Å². The SMILES string of the molecule is O=C(NNc1cccnc1)C1CCC2CN1C(=O)N2O. The lowest BCUT2D eigenvalue weighted by atomic mass is 10.0. The second kappa shape index (κ2) is 4.97. The van der Waals surface area contributed by atoms with Gasteiger partial charge in [0.25, 0.3) is 5.91 Å². The lowest BCUT2D eigenvalue weighted by molar-refractivity contribution is -0.125. The predicted octanol–water partition coefficient (Wildman–Crippen LogP) is 0.182. The Morgan fingerprint density at radius 1 is 1.45 bits per heavy atom. The van der Waals surface area contributed by atoms with Crippen molar-refractivity contribution in [1.29, 1.82) is 0 Å². The summed E-state index contributed by atoms with van der Waals surface area (Å²) in [5.41, 5.74) is 5.97. The molecule has 3 amide bonds. The van der Waals surface area contributed by atoms with E-state index in [0.717, 1.165) is 5.06 Å². The smallest absolute Gasteiger partial charge is 0.309 e. The Balaban J connectivity index is 1.62. The van der Waals surface area contributed by atoms with Crippen LogP contribution in [-0.2, 0) is 4.79 Å². The summed E-state index contributed by atoms with van der Waals surface area (Å²) in [6.45, 7) is 0.389. The van der Waals surface area contributed by atoms with E-state index in [1.807, 2.05) is 0 Å². The summed E-state index contributed by atoms with van der Waals surface area (Å²) in [5.74, 6) is -0.295. The Hall–Kier alpha value is -2.35. The molecule has 0 saturated carbocycles. The van der Waals surface area contributed by atoms with Gasteiger partial charge in [-0.3, -0.25) is 25.8 Å². The first-order valence-electron chi connectivity index (χ1n) is 6.41. The highest BCUT2D eigenvalue weighted by Gasteiger charge is 2.46. The van der Waals surface area contributed by atoms with Gasteiger partial charge in [0.15, 0.2) is 0 Å². The third-order valence-corrected chi connectivity index (χ3v) is 3.64. The Morgan fingerprint density at radius 2 is 2.30 bits per heavy atom. The number of urea groups is 1. The molecule has 8 heteroatoms. The fourth-order valence-corrected chi connectivity index (χ4v) is 2.58. The highest BCUT2D eigenvalue weighted by atomic mass is 16.5. The number of hydrogen-bond donors (Lipinski definition) is 3. The van der Waals surface area contributed by atoms with Gasteiger partial charge in [-0.25, -0.2) is 9.86 Å². The number of pyridine rings is 1. The molecule has 3 N–H and O–H groups in total. The second-order valence-corrected chi connectivity index (χ2v) is 4.88. The highest BCUT2D eigenvalue weighted by Crippen LogP contribution is 2.28. The van der Waals surface area contributed by atoms with E-state index in [2.05, 4.69) is 15.8 Å². The van der Waals surface area contributed by atoms with Gasteiger partial charge in [-0.15, -0.1) is 0 Å². The Labute approximate surface area is 115 Å². The zero-order chi connectivity index (χ0) is 14.1. The van der Waals surface area contributed by atoms with Gasteiger partial charge in [0.2, 0.25) is 0 Å². The topological polar surface area (TPSA) is 97.8 Å². The van der Waals surface area contributed by atoms with Crippen LogP contribution in [0.5, 0.6) is 0 Å². The Morgan fingerprint density at radius 3 is 3.05 bits per heavy atom. The summed E-state index contributed by atoms with van der Waals surface area (Å²) in [6.07, 6.45) is 4.36. The van der Waals surface area contributed by atoms with Crippen LogP contribution in [0.25, 0.3) is 0 Å².